The molecule has 0 unspecified atom stereocenters. The number of aromatic nitrogens is 4. The average molecular weight is 328 g/mol. The molecule has 0 aliphatic rings. The van der Waals surface area contributed by atoms with Crippen molar-refractivity contribution in [3.8, 4) is 5.75 Å². The minimum atomic E-state index is -0.0211. The predicted molar refractivity (Wildman–Crippen MR) is 88.3 cm³/mol. The van der Waals surface area contributed by atoms with Crippen LogP contribution in [-0.2, 0) is 0 Å². The lowest BCUT2D eigenvalue weighted by atomic mass is 10.1. The molecule has 0 saturated carbocycles. The minimum Gasteiger partial charge on any atom is -0.496 e. The quantitative estimate of drug-likeness (QED) is 0.530. The van der Waals surface area contributed by atoms with Crippen molar-refractivity contribution in [2.75, 3.05) is 12.9 Å². The van der Waals surface area contributed by atoms with Crippen LogP contribution in [-0.4, -0.2) is 38.2 Å². The third kappa shape index (κ3) is 3.19. The molecule has 0 spiro atoms. The Labute approximate surface area is 137 Å². The summed E-state index contributed by atoms with van der Waals surface area (Å²) < 4.78 is 6.90. The number of hydrogen-bond donors (Lipinski definition) is 0. The van der Waals surface area contributed by atoms with Gasteiger partial charge in [-0.1, -0.05) is 23.9 Å². The van der Waals surface area contributed by atoms with Crippen molar-refractivity contribution < 1.29 is 9.53 Å². The maximum absolute atomic E-state index is 12.4. The van der Waals surface area contributed by atoms with Gasteiger partial charge in [0.25, 0.3) is 5.78 Å². The number of benzene rings is 1. The summed E-state index contributed by atoms with van der Waals surface area (Å²) in [5, 5.41) is 4.92. The maximum atomic E-state index is 12.4. The maximum Gasteiger partial charge on any atom is 0.253 e. The number of Topliss-reactive ketones (excluding diaryl/α,β-unsaturated/α-hetero) is 1. The molecular weight excluding hydrogens is 312 g/mol. The molecule has 6 nitrogen and oxygen atoms in total. The van der Waals surface area contributed by atoms with Crippen molar-refractivity contribution in [1.82, 2.24) is 19.6 Å². The Bertz CT molecular complexity index is 876. The van der Waals surface area contributed by atoms with E-state index in [0.717, 1.165) is 11.4 Å². The van der Waals surface area contributed by atoms with Crippen LogP contribution in [0.4, 0.5) is 0 Å². The van der Waals surface area contributed by atoms with Gasteiger partial charge in [-0.05, 0) is 32.0 Å². The van der Waals surface area contributed by atoms with Crippen molar-refractivity contribution in [2.45, 2.75) is 19.0 Å². The number of rotatable bonds is 5. The number of aryl methyl sites for hydroxylation is 2. The van der Waals surface area contributed by atoms with Gasteiger partial charge in [0.15, 0.2) is 5.78 Å². The summed E-state index contributed by atoms with van der Waals surface area (Å²) in [5.41, 5.74) is 2.42. The summed E-state index contributed by atoms with van der Waals surface area (Å²) in [5.74, 6) is 1.35. The molecule has 7 heteroatoms. The Morgan fingerprint density at radius 1 is 1.26 bits per heavy atom. The first kappa shape index (κ1) is 15.5. The summed E-state index contributed by atoms with van der Waals surface area (Å²) in [6.45, 7) is 3.87. The summed E-state index contributed by atoms with van der Waals surface area (Å²) in [6.07, 6.45) is 0. The number of thioether (sulfide) groups is 1. The molecule has 0 atom stereocenters. The molecule has 0 aliphatic heterocycles. The van der Waals surface area contributed by atoms with Crippen molar-refractivity contribution in [3.05, 3.63) is 47.3 Å². The molecule has 1 aromatic carbocycles. The largest absolute Gasteiger partial charge is 0.496 e. The number of carbonyl (C=O) groups is 1. The molecule has 0 fully saturated rings. The molecule has 0 aliphatic carbocycles. The number of para-hydroxylation sites is 1. The highest BCUT2D eigenvalue weighted by Gasteiger charge is 2.14. The summed E-state index contributed by atoms with van der Waals surface area (Å²) in [6, 6.07) is 9.13. The van der Waals surface area contributed by atoms with E-state index >= 15 is 0 Å². The molecule has 23 heavy (non-hydrogen) atoms. The second-order valence-corrected chi connectivity index (χ2v) is 6.00. The van der Waals surface area contributed by atoms with Crippen molar-refractivity contribution in [1.29, 1.82) is 0 Å². The third-order valence-corrected chi connectivity index (χ3v) is 4.18. The van der Waals surface area contributed by atoms with Gasteiger partial charge in [-0.3, -0.25) is 4.79 Å². The normalized spacial score (nSPS) is 10.9. The van der Waals surface area contributed by atoms with Gasteiger partial charge in [-0.2, -0.15) is 4.98 Å². The minimum absolute atomic E-state index is 0.0211. The van der Waals surface area contributed by atoms with E-state index in [2.05, 4.69) is 15.1 Å². The first-order valence-corrected chi connectivity index (χ1v) is 8.07. The topological polar surface area (TPSA) is 69.4 Å². The fourth-order valence-corrected chi connectivity index (χ4v) is 2.99. The van der Waals surface area contributed by atoms with Crippen LogP contribution in [0.3, 0.4) is 0 Å². The molecule has 3 rings (SSSR count). The van der Waals surface area contributed by atoms with Crippen LogP contribution in [0, 0.1) is 13.8 Å². The summed E-state index contributed by atoms with van der Waals surface area (Å²) >= 11 is 1.29. The summed E-state index contributed by atoms with van der Waals surface area (Å²) in [7, 11) is 1.56. The third-order valence-electron chi connectivity index (χ3n) is 3.34. The van der Waals surface area contributed by atoms with Crippen LogP contribution in [0.25, 0.3) is 5.78 Å². The van der Waals surface area contributed by atoms with Gasteiger partial charge in [0, 0.05) is 11.4 Å². The highest BCUT2D eigenvalue weighted by atomic mass is 32.2. The molecule has 2 aromatic heterocycles. The monoisotopic (exact) mass is 328 g/mol. The lowest BCUT2D eigenvalue weighted by Crippen LogP contribution is -2.05. The lowest BCUT2D eigenvalue weighted by Gasteiger charge is -2.05. The number of hydrogen-bond acceptors (Lipinski definition) is 6. The van der Waals surface area contributed by atoms with E-state index in [1.54, 1.807) is 23.8 Å². The zero-order chi connectivity index (χ0) is 16.4. The van der Waals surface area contributed by atoms with Gasteiger partial charge in [0.05, 0.1) is 18.4 Å². The zero-order valence-corrected chi connectivity index (χ0v) is 13.9. The number of ether oxygens (including phenoxy) is 1. The number of ketones is 1. The molecule has 2 heterocycles. The number of nitrogens with zero attached hydrogens (tertiary/aromatic N) is 4. The van der Waals surface area contributed by atoms with Crippen LogP contribution in [0.2, 0.25) is 0 Å². The zero-order valence-electron chi connectivity index (χ0n) is 13.1. The van der Waals surface area contributed by atoms with E-state index in [-0.39, 0.29) is 11.5 Å². The van der Waals surface area contributed by atoms with E-state index < -0.39 is 0 Å². The smallest absolute Gasteiger partial charge is 0.253 e. The van der Waals surface area contributed by atoms with Gasteiger partial charge in [0.2, 0.25) is 5.16 Å². The SMILES string of the molecule is COc1ccccc1C(=O)CSc1nc2nc(C)cc(C)n2n1. The molecule has 0 bridgehead atoms. The van der Waals surface area contributed by atoms with Crippen molar-refractivity contribution in [3.63, 3.8) is 0 Å². The molecule has 0 N–H and O–H groups in total. The Morgan fingerprint density at radius 2 is 2.04 bits per heavy atom. The molecule has 0 radical (unpaired) electrons. The lowest BCUT2D eigenvalue weighted by molar-refractivity contribution is 0.101. The molecule has 0 saturated heterocycles. The molecule has 118 valence electrons. The van der Waals surface area contributed by atoms with Gasteiger partial charge < -0.3 is 4.74 Å². The first-order chi connectivity index (χ1) is 11.1. The van der Waals surface area contributed by atoms with Crippen LogP contribution < -0.4 is 4.74 Å². The molecule has 0 amide bonds. The second-order valence-electron chi connectivity index (χ2n) is 5.06. The summed E-state index contributed by atoms with van der Waals surface area (Å²) in [4.78, 5) is 21.1. The Hall–Kier alpha value is -2.41. The average Bonchev–Trinajstić information content (AvgIpc) is 2.95. The first-order valence-electron chi connectivity index (χ1n) is 7.08. The Morgan fingerprint density at radius 3 is 2.83 bits per heavy atom. The van der Waals surface area contributed by atoms with Gasteiger partial charge >= 0.3 is 0 Å². The second kappa shape index (κ2) is 6.37. The van der Waals surface area contributed by atoms with E-state index in [1.165, 1.54) is 11.8 Å². The van der Waals surface area contributed by atoms with E-state index in [0.29, 0.717) is 22.2 Å². The highest BCUT2D eigenvalue weighted by Crippen LogP contribution is 2.22. The Kier molecular flexibility index (Phi) is 4.29. The van der Waals surface area contributed by atoms with Gasteiger partial charge in [-0.15, -0.1) is 5.10 Å². The van der Waals surface area contributed by atoms with Crippen molar-refractivity contribution >= 4 is 23.3 Å². The fourth-order valence-electron chi connectivity index (χ4n) is 2.29. The molecule has 3 aromatic rings. The highest BCUT2D eigenvalue weighted by molar-refractivity contribution is 7.99. The van der Waals surface area contributed by atoms with Crippen LogP contribution in [0.1, 0.15) is 21.7 Å². The number of fused-ring (bicyclic) bond motifs is 1. The van der Waals surface area contributed by atoms with E-state index in [4.69, 9.17) is 4.74 Å². The fraction of sp³-hybridized carbons (Fsp3) is 0.250. The van der Waals surface area contributed by atoms with E-state index in [9.17, 15) is 4.79 Å². The Balaban J connectivity index is 1.78. The number of methoxy groups -OCH3 is 1. The van der Waals surface area contributed by atoms with E-state index in [1.807, 2.05) is 32.0 Å². The van der Waals surface area contributed by atoms with Crippen LogP contribution in [0.5, 0.6) is 5.75 Å². The molecular formula is C16H16N4O2S. The standard InChI is InChI=1S/C16H16N4O2S/c1-10-8-11(2)20-15(17-10)18-16(19-20)23-9-13(21)12-6-4-5-7-14(12)22-3/h4-8H,9H2,1-3H3. The predicted octanol–water partition coefficient (Wildman–Crippen LogP) is 2.72. The van der Waals surface area contributed by atoms with Gasteiger partial charge in [-0.25, -0.2) is 9.50 Å². The van der Waals surface area contributed by atoms with Crippen LogP contribution in [0.15, 0.2) is 35.5 Å². The van der Waals surface area contributed by atoms with Gasteiger partial charge in [0.1, 0.15) is 5.75 Å². The van der Waals surface area contributed by atoms with Crippen molar-refractivity contribution in [2.24, 2.45) is 0 Å². The van der Waals surface area contributed by atoms with Crippen LogP contribution >= 0.6 is 11.8 Å². The number of carbonyl (C=O) groups excluding carboxylic acids is 1.